The molecule has 0 aliphatic heterocycles. The molecule has 1 nitrogen and oxygen atoms in total. The van der Waals surface area contributed by atoms with Gasteiger partial charge in [0.05, 0.1) is 0 Å². The summed E-state index contributed by atoms with van der Waals surface area (Å²) in [6, 6.07) is 0.811. The van der Waals surface area contributed by atoms with Crippen molar-refractivity contribution < 1.29 is 0 Å². The highest BCUT2D eigenvalue weighted by atomic mass is 14.9. The summed E-state index contributed by atoms with van der Waals surface area (Å²) in [6.45, 7) is 5.36. The zero-order chi connectivity index (χ0) is 8.10. The van der Waals surface area contributed by atoms with Gasteiger partial charge in [-0.25, -0.2) is 0 Å². The molecule has 64 valence electrons. The van der Waals surface area contributed by atoms with E-state index < -0.39 is 0 Å². The van der Waals surface area contributed by atoms with E-state index in [1.807, 2.05) is 0 Å². The van der Waals surface area contributed by atoms with E-state index in [2.05, 4.69) is 25.2 Å². The van der Waals surface area contributed by atoms with E-state index in [0.717, 1.165) is 12.6 Å². The minimum absolute atomic E-state index is 0.811. The van der Waals surface area contributed by atoms with Crippen LogP contribution in [0.5, 0.6) is 0 Å². The van der Waals surface area contributed by atoms with Gasteiger partial charge in [-0.2, -0.15) is 0 Å². The molecule has 0 saturated heterocycles. The maximum atomic E-state index is 3.54. The highest BCUT2D eigenvalue weighted by molar-refractivity contribution is 4.95. The van der Waals surface area contributed by atoms with Gasteiger partial charge in [-0.05, 0) is 26.7 Å². The molecule has 1 fully saturated rings. The quantitative estimate of drug-likeness (QED) is 0.614. The molecule has 0 bridgehead atoms. The van der Waals surface area contributed by atoms with E-state index in [1.54, 1.807) is 0 Å². The van der Waals surface area contributed by atoms with Crippen molar-refractivity contribution in [3.63, 3.8) is 0 Å². The molecule has 1 aliphatic carbocycles. The standard InChI is InChI=1S/C10H19N/c1-9(2)7-8-11-10-5-3-4-6-10/h7,10-11H,3-6,8H2,1-2H3. The first kappa shape index (κ1) is 8.79. The van der Waals surface area contributed by atoms with Gasteiger partial charge >= 0.3 is 0 Å². The Labute approximate surface area is 69.9 Å². The normalized spacial score (nSPS) is 18.7. The number of allylic oxidation sites excluding steroid dienone is 1. The summed E-state index contributed by atoms with van der Waals surface area (Å²) in [4.78, 5) is 0. The van der Waals surface area contributed by atoms with E-state index in [1.165, 1.54) is 31.3 Å². The molecule has 0 spiro atoms. The Kier molecular flexibility index (Phi) is 3.64. The molecule has 0 atom stereocenters. The van der Waals surface area contributed by atoms with Gasteiger partial charge < -0.3 is 5.32 Å². The molecule has 1 aliphatic rings. The van der Waals surface area contributed by atoms with Gasteiger partial charge in [0.25, 0.3) is 0 Å². The fraction of sp³-hybridized carbons (Fsp3) is 0.800. The summed E-state index contributed by atoms with van der Waals surface area (Å²) in [6.07, 6.45) is 7.88. The Hall–Kier alpha value is -0.300. The molecule has 11 heavy (non-hydrogen) atoms. The van der Waals surface area contributed by atoms with Crippen molar-refractivity contribution in [1.29, 1.82) is 0 Å². The van der Waals surface area contributed by atoms with Crippen molar-refractivity contribution in [2.45, 2.75) is 45.6 Å². The molecular formula is C10H19N. The van der Waals surface area contributed by atoms with Crippen molar-refractivity contribution in [3.05, 3.63) is 11.6 Å². The second-order valence-corrected chi connectivity index (χ2v) is 3.67. The summed E-state index contributed by atoms with van der Waals surface area (Å²) in [5.74, 6) is 0. The van der Waals surface area contributed by atoms with E-state index in [0.29, 0.717) is 0 Å². The smallest absolute Gasteiger partial charge is 0.0139 e. The first-order chi connectivity index (χ1) is 5.29. The Morgan fingerprint density at radius 2 is 2.00 bits per heavy atom. The van der Waals surface area contributed by atoms with Gasteiger partial charge in [0.1, 0.15) is 0 Å². The Morgan fingerprint density at radius 1 is 1.36 bits per heavy atom. The zero-order valence-corrected chi connectivity index (χ0v) is 7.69. The largest absolute Gasteiger partial charge is 0.311 e. The summed E-state index contributed by atoms with van der Waals surface area (Å²) in [7, 11) is 0. The SMILES string of the molecule is CC(C)=CCNC1CCCC1. The topological polar surface area (TPSA) is 12.0 Å². The molecule has 0 aromatic carbocycles. The lowest BCUT2D eigenvalue weighted by molar-refractivity contribution is 0.556. The van der Waals surface area contributed by atoms with Crippen LogP contribution in [0.25, 0.3) is 0 Å². The highest BCUT2D eigenvalue weighted by Crippen LogP contribution is 2.17. The minimum atomic E-state index is 0.811. The second-order valence-electron chi connectivity index (χ2n) is 3.67. The monoisotopic (exact) mass is 153 g/mol. The molecule has 1 saturated carbocycles. The van der Waals surface area contributed by atoms with Crippen LogP contribution < -0.4 is 5.32 Å². The Balaban J connectivity index is 2.07. The Morgan fingerprint density at radius 3 is 2.55 bits per heavy atom. The maximum absolute atomic E-state index is 3.54. The van der Waals surface area contributed by atoms with Crippen molar-refractivity contribution >= 4 is 0 Å². The van der Waals surface area contributed by atoms with Crippen LogP contribution in [-0.2, 0) is 0 Å². The first-order valence-corrected chi connectivity index (χ1v) is 4.66. The Bertz CT molecular complexity index is 128. The molecule has 0 aromatic rings. The van der Waals surface area contributed by atoms with Crippen LogP contribution in [0.1, 0.15) is 39.5 Å². The third-order valence-corrected chi connectivity index (χ3v) is 2.27. The lowest BCUT2D eigenvalue weighted by Crippen LogP contribution is -2.25. The van der Waals surface area contributed by atoms with Crippen molar-refractivity contribution in [2.24, 2.45) is 0 Å². The fourth-order valence-corrected chi connectivity index (χ4v) is 1.56. The van der Waals surface area contributed by atoms with Crippen molar-refractivity contribution in [1.82, 2.24) is 5.32 Å². The van der Waals surface area contributed by atoms with Crippen LogP contribution in [0.3, 0.4) is 0 Å². The molecule has 1 rings (SSSR count). The number of nitrogens with one attached hydrogen (secondary N) is 1. The highest BCUT2D eigenvalue weighted by Gasteiger charge is 2.12. The van der Waals surface area contributed by atoms with Crippen LogP contribution in [0.4, 0.5) is 0 Å². The number of hydrogen-bond donors (Lipinski definition) is 1. The van der Waals surface area contributed by atoms with Crippen LogP contribution in [0.15, 0.2) is 11.6 Å². The predicted octanol–water partition coefficient (Wildman–Crippen LogP) is 2.48. The molecule has 0 aromatic heterocycles. The van der Waals surface area contributed by atoms with Crippen molar-refractivity contribution in [3.8, 4) is 0 Å². The zero-order valence-electron chi connectivity index (χ0n) is 7.69. The van der Waals surface area contributed by atoms with E-state index in [9.17, 15) is 0 Å². The maximum Gasteiger partial charge on any atom is 0.0139 e. The average molecular weight is 153 g/mol. The molecular weight excluding hydrogens is 134 g/mol. The summed E-state index contributed by atoms with van der Waals surface area (Å²) < 4.78 is 0. The summed E-state index contributed by atoms with van der Waals surface area (Å²) in [5, 5.41) is 3.54. The van der Waals surface area contributed by atoms with Gasteiger partial charge in [-0.15, -0.1) is 0 Å². The third kappa shape index (κ3) is 3.57. The molecule has 0 heterocycles. The molecule has 1 N–H and O–H groups in total. The molecule has 0 radical (unpaired) electrons. The van der Waals surface area contributed by atoms with Gasteiger partial charge in [-0.3, -0.25) is 0 Å². The number of hydrogen-bond acceptors (Lipinski definition) is 1. The molecule has 1 heteroatoms. The van der Waals surface area contributed by atoms with E-state index in [4.69, 9.17) is 0 Å². The number of rotatable bonds is 3. The van der Waals surface area contributed by atoms with Crippen LogP contribution >= 0.6 is 0 Å². The fourth-order valence-electron chi connectivity index (χ4n) is 1.56. The first-order valence-electron chi connectivity index (χ1n) is 4.66. The van der Waals surface area contributed by atoms with Gasteiger partial charge in [0.15, 0.2) is 0 Å². The van der Waals surface area contributed by atoms with Crippen LogP contribution in [-0.4, -0.2) is 12.6 Å². The van der Waals surface area contributed by atoms with Gasteiger partial charge in [0.2, 0.25) is 0 Å². The third-order valence-electron chi connectivity index (χ3n) is 2.27. The molecule has 0 amide bonds. The van der Waals surface area contributed by atoms with E-state index in [-0.39, 0.29) is 0 Å². The predicted molar refractivity (Wildman–Crippen MR) is 49.7 cm³/mol. The minimum Gasteiger partial charge on any atom is -0.311 e. The van der Waals surface area contributed by atoms with E-state index >= 15 is 0 Å². The lowest BCUT2D eigenvalue weighted by atomic mass is 10.2. The van der Waals surface area contributed by atoms with Crippen LogP contribution in [0, 0.1) is 0 Å². The second kappa shape index (κ2) is 4.55. The average Bonchev–Trinajstić information content (AvgIpc) is 2.39. The van der Waals surface area contributed by atoms with Gasteiger partial charge in [0, 0.05) is 12.6 Å². The molecule has 0 unspecified atom stereocenters. The lowest BCUT2D eigenvalue weighted by Gasteiger charge is -2.08. The summed E-state index contributed by atoms with van der Waals surface area (Å²) >= 11 is 0. The van der Waals surface area contributed by atoms with Crippen LogP contribution in [0.2, 0.25) is 0 Å². The summed E-state index contributed by atoms with van der Waals surface area (Å²) in [5.41, 5.74) is 1.41. The van der Waals surface area contributed by atoms with Gasteiger partial charge in [-0.1, -0.05) is 24.5 Å². The van der Waals surface area contributed by atoms with Crippen molar-refractivity contribution in [2.75, 3.05) is 6.54 Å².